The van der Waals surface area contributed by atoms with Crippen LogP contribution in [0.15, 0.2) is 24.3 Å². The molecular weight excluding hydrogens is 240 g/mol. The normalized spacial score (nSPS) is 20.4. The third-order valence-electron chi connectivity index (χ3n) is 3.43. The molecule has 1 aliphatic heterocycles. The molecule has 2 rings (SSSR count). The fourth-order valence-electron chi connectivity index (χ4n) is 2.33. The van der Waals surface area contributed by atoms with E-state index in [1.165, 1.54) is 0 Å². The molecular formula is C14H18N4O. The highest BCUT2D eigenvalue weighted by atomic mass is 16.2. The summed E-state index contributed by atoms with van der Waals surface area (Å²) in [6.07, 6.45) is 0. The summed E-state index contributed by atoms with van der Waals surface area (Å²) in [6, 6.07) is 9.59. The quantitative estimate of drug-likeness (QED) is 0.854. The van der Waals surface area contributed by atoms with Crippen LogP contribution >= 0.6 is 0 Å². The zero-order valence-corrected chi connectivity index (χ0v) is 11.3. The van der Waals surface area contributed by atoms with E-state index >= 15 is 0 Å². The van der Waals surface area contributed by atoms with E-state index < -0.39 is 0 Å². The number of nitrogens with zero attached hydrogens (tertiary/aromatic N) is 3. The Morgan fingerprint density at radius 3 is 3.00 bits per heavy atom. The zero-order chi connectivity index (χ0) is 13.8. The smallest absolute Gasteiger partial charge is 0.241 e. The molecule has 0 saturated carbocycles. The molecule has 1 amide bonds. The number of carbonyl (C=O) groups excluding carboxylic acids is 1. The molecule has 1 heterocycles. The molecule has 1 atom stereocenters. The fourth-order valence-corrected chi connectivity index (χ4v) is 2.33. The second-order valence-electron chi connectivity index (χ2n) is 4.79. The van der Waals surface area contributed by atoms with Gasteiger partial charge in [0.05, 0.1) is 18.2 Å². The van der Waals surface area contributed by atoms with Gasteiger partial charge in [0.1, 0.15) is 0 Å². The van der Waals surface area contributed by atoms with Gasteiger partial charge in [-0.15, -0.1) is 0 Å². The van der Waals surface area contributed by atoms with Gasteiger partial charge in [-0.05, 0) is 32.3 Å². The Balaban J connectivity index is 2.22. The first-order chi connectivity index (χ1) is 9.15. The first kappa shape index (κ1) is 13.5. The van der Waals surface area contributed by atoms with Crippen molar-refractivity contribution in [3.05, 3.63) is 29.8 Å². The predicted octanol–water partition coefficient (Wildman–Crippen LogP) is 0.425. The number of likely N-dealkylation sites (N-methyl/N-ethyl adjacent to an activating group) is 2. The summed E-state index contributed by atoms with van der Waals surface area (Å²) in [4.78, 5) is 16.0. The van der Waals surface area contributed by atoms with Crippen molar-refractivity contribution >= 4 is 11.6 Å². The average Bonchev–Trinajstić information content (AvgIpc) is 2.42. The lowest BCUT2D eigenvalue weighted by Gasteiger charge is -2.39. The average molecular weight is 258 g/mol. The van der Waals surface area contributed by atoms with E-state index in [1.807, 2.05) is 26.2 Å². The number of amides is 1. The van der Waals surface area contributed by atoms with Gasteiger partial charge in [-0.2, -0.15) is 5.26 Å². The minimum atomic E-state index is 0.0740. The standard InChI is InChI=1S/C14H18N4O/c1-16-8-13-9-18(14(19)10-17(13)2)12-5-3-4-11(6-12)7-15/h3-6,13,16H,8-10H2,1-2H3. The molecule has 1 aliphatic rings. The first-order valence-electron chi connectivity index (χ1n) is 6.31. The van der Waals surface area contributed by atoms with E-state index in [1.54, 1.807) is 17.0 Å². The molecule has 0 aliphatic carbocycles. The molecule has 0 aromatic heterocycles. The van der Waals surface area contributed by atoms with Crippen molar-refractivity contribution in [1.82, 2.24) is 10.2 Å². The van der Waals surface area contributed by atoms with Crippen molar-refractivity contribution in [1.29, 1.82) is 5.26 Å². The van der Waals surface area contributed by atoms with Crippen LogP contribution < -0.4 is 10.2 Å². The lowest BCUT2D eigenvalue weighted by molar-refractivity contribution is -0.121. The van der Waals surface area contributed by atoms with E-state index in [4.69, 9.17) is 5.26 Å². The van der Waals surface area contributed by atoms with Crippen molar-refractivity contribution in [3.63, 3.8) is 0 Å². The number of rotatable bonds is 3. The monoisotopic (exact) mass is 258 g/mol. The van der Waals surface area contributed by atoms with Crippen molar-refractivity contribution in [2.24, 2.45) is 0 Å². The molecule has 0 spiro atoms. The maximum Gasteiger partial charge on any atom is 0.241 e. The van der Waals surface area contributed by atoms with Gasteiger partial charge in [-0.25, -0.2) is 0 Å². The molecule has 19 heavy (non-hydrogen) atoms. The molecule has 5 heteroatoms. The highest BCUT2D eigenvalue weighted by Crippen LogP contribution is 2.20. The molecule has 100 valence electrons. The highest BCUT2D eigenvalue weighted by Gasteiger charge is 2.30. The van der Waals surface area contributed by atoms with Gasteiger partial charge in [-0.3, -0.25) is 9.69 Å². The van der Waals surface area contributed by atoms with Crippen molar-refractivity contribution in [2.45, 2.75) is 6.04 Å². The van der Waals surface area contributed by atoms with Gasteiger partial charge >= 0.3 is 0 Å². The van der Waals surface area contributed by atoms with Gasteiger partial charge in [0.15, 0.2) is 0 Å². The molecule has 5 nitrogen and oxygen atoms in total. The molecule has 1 aromatic carbocycles. The molecule has 1 unspecified atom stereocenters. The highest BCUT2D eigenvalue weighted by molar-refractivity contribution is 5.95. The minimum Gasteiger partial charge on any atom is -0.318 e. The number of benzene rings is 1. The molecule has 1 aromatic rings. The van der Waals surface area contributed by atoms with Crippen molar-refractivity contribution < 1.29 is 4.79 Å². The Labute approximate surface area is 113 Å². The summed E-state index contributed by atoms with van der Waals surface area (Å²) in [5.74, 6) is 0.0740. The summed E-state index contributed by atoms with van der Waals surface area (Å²) in [7, 11) is 3.87. The van der Waals surface area contributed by atoms with Gasteiger partial charge in [-0.1, -0.05) is 6.07 Å². The topological polar surface area (TPSA) is 59.4 Å². The van der Waals surface area contributed by atoms with Crippen LogP contribution in [0, 0.1) is 11.3 Å². The molecule has 0 radical (unpaired) electrons. The molecule has 1 saturated heterocycles. The number of hydrogen-bond donors (Lipinski definition) is 1. The second-order valence-corrected chi connectivity index (χ2v) is 4.79. The van der Waals surface area contributed by atoms with Crippen LogP contribution in [-0.2, 0) is 4.79 Å². The Morgan fingerprint density at radius 1 is 1.53 bits per heavy atom. The Kier molecular flexibility index (Phi) is 4.15. The van der Waals surface area contributed by atoms with Crippen molar-refractivity contribution in [3.8, 4) is 6.07 Å². The number of nitriles is 1. The zero-order valence-electron chi connectivity index (χ0n) is 11.3. The van der Waals surface area contributed by atoms with Crippen molar-refractivity contribution in [2.75, 3.05) is 38.6 Å². The van der Waals surface area contributed by atoms with E-state index in [2.05, 4.69) is 16.3 Å². The van der Waals surface area contributed by atoms with Crippen LogP contribution in [0.25, 0.3) is 0 Å². The predicted molar refractivity (Wildman–Crippen MR) is 73.9 cm³/mol. The largest absolute Gasteiger partial charge is 0.318 e. The Hall–Kier alpha value is -1.90. The second kappa shape index (κ2) is 5.83. The summed E-state index contributed by atoms with van der Waals surface area (Å²) >= 11 is 0. The Bertz CT molecular complexity index is 508. The minimum absolute atomic E-state index is 0.0740. The number of nitrogens with one attached hydrogen (secondary N) is 1. The number of carbonyl (C=O) groups is 1. The molecule has 1 N–H and O–H groups in total. The third kappa shape index (κ3) is 2.92. The summed E-state index contributed by atoms with van der Waals surface area (Å²) < 4.78 is 0. The van der Waals surface area contributed by atoms with E-state index in [0.717, 1.165) is 12.2 Å². The van der Waals surface area contributed by atoms with Gasteiger partial charge in [0.2, 0.25) is 5.91 Å². The molecule has 1 fully saturated rings. The van der Waals surface area contributed by atoms with E-state index in [9.17, 15) is 4.79 Å². The van der Waals surface area contributed by atoms with E-state index in [-0.39, 0.29) is 11.9 Å². The lowest BCUT2D eigenvalue weighted by Crippen LogP contribution is -2.57. The summed E-state index contributed by atoms with van der Waals surface area (Å²) in [6.45, 7) is 1.88. The molecule has 0 bridgehead atoms. The van der Waals surface area contributed by atoms with Gasteiger partial charge in [0.25, 0.3) is 0 Å². The van der Waals surface area contributed by atoms with Crippen LogP contribution in [-0.4, -0.2) is 50.6 Å². The van der Waals surface area contributed by atoms with Crippen LogP contribution in [0.1, 0.15) is 5.56 Å². The van der Waals surface area contributed by atoms with E-state index in [0.29, 0.717) is 18.7 Å². The van der Waals surface area contributed by atoms with Gasteiger partial charge in [0, 0.05) is 24.8 Å². The third-order valence-corrected chi connectivity index (χ3v) is 3.43. The van der Waals surface area contributed by atoms with Crippen LogP contribution in [0.3, 0.4) is 0 Å². The number of anilines is 1. The Morgan fingerprint density at radius 2 is 2.32 bits per heavy atom. The number of piperazine rings is 1. The SMILES string of the molecule is CNCC1CN(c2cccc(C#N)c2)C(=O)CN1C. The van der Waals surface area contributed by atoms with Crippen LogP contribution in [0.2, 0.25) is 0 Å². The first-order valence-corrected chi connectivity index (χ1v) is 6.31. The fraction of sp³-hybridized carbons (Fsp3) is 0.429. The number of hydrogen-bond acceptors (Lipinski definition) is 4. The summed E-state index contributed by atoms with van der Waals surface area (Å²) in [5, 5.41) is 12.1. The summed E-state index contributed by atoms with van der Waals surface area (Å²) in [5.41, 5.74) is 1.38. The maximum absolute atomic E-state index is 12.1. The maximum atomic E-state index is 12.1. The van der Waals surface area contributed by atoms with Crippen LogP contribution in [0.4, 0.5) is 5.69 Å². The van der Waals surface area contributed by atoms with Crippen LogP contribution in [0.5, 0.6) is 0 Å². The van der Waals surface area contributed by atoms with Gasteiger partial charge < -0.3 is 10.2 Å². The lowest BCUT2D eigenvalue weighted by atomic mass is 10.1.